The fraction of sp³-hybridized carbons (Fsp3) is 0.231. The summed E-state index contributed by atoms with van der Waals surface area (Å²) >= 11 is 2.04. The first-order chi connectivity index (χ1) is 9.16. The van der Waals surface area contributed by atoms with Crippen LogP contribution in [0.25, 0.3) is 0 Å². The average molecular weight is 368 g/mol. The Morgan fingerprint density at radius 1 is 1.42 bits per heavy atom. The van der Waals surface area contributed by atoms with E-state index in [0.717, 1.165) is 31.0 Å². The number of anilines is 2. The van der Waals surface area contributed by atoms with Crippen LogP contribution < -0.4 is 16.2 Å². The molecular weight excluding hydrogens is 355 g/mol. The monoisotopic (exact) mass is 368 g/mol. The molecule has 0 bridgehead atoms. The van der Waals surface area contributed by atoms with Gasteiger partial charge in [-0.05, 0) is 46.2 Å². The Morgan fingerprint density at radius 2 is 2.26 bits per heavy atom. The number of benzene rings is 1. The smallest absolute Gasteiger partial charge is 0.266 e. The Hall–Kier alpha value is -1.57. The van der Waals surface area contributed by atoms with Crippen molar-refractivity contribution in [2.75, 3.05) is 17.2 Å². The number of nitrogens with zero attached hydrogens (tertiary/aromatic N) is 2. The molecule has 0 fully saturated rings. The van der Waals surface area contributed by atoms with Crippen LogP contribution in [-0.4, -0.2) is 16.5 Å². The number of rotatable bonds is 1. The Morgan fingerprint density at radius 3 is 3.11 bits per heavy atom. The van der Waals surface area contributed by atoms with Gasteiger partial charge < -0.3 is 15.6 Å². The van der Waals surface area contributed by atoms with E-state index in [1.165, 1.54) is 17.5 Å². The molecule has 0 spiro atoms. The molecule has 1 aromatic heterocycles. The van der Waals surface area contributed by atoms with E-state index in [0.29, 0.717) is 3.57 Å². The van der Waals surface area contributed by atoms with Crippen LogP contribution in [0.5, 0.6) is 0 Å². The van der Waals surface area contributed by atoms with Gasteiger partial charge in [-0.2, -0.15) is 0 Å². The summed E-state index contributed by atoms with van der Waals surface area (Å²) in [5, 5.41) is 0. The third-order valence-corrected chi connectivity index (χ3v) is 4.35. The maximum Gasteiger partial charge on any atom is 0.266 e. The molecule has 1 aromatic carbocycles. The number of aromatic nitrogens is 2. The number of nitrogens with two attached hydrogens (primary N) is 1. The maximum absolute atomic E-state index is 11.6. The molecule has 0 saturated carbocycles. The minimum atomic E-state index is -0.0935. The molecule has 3 N–H and O–H groups in total. The minimum Gasteiger partial charge on any atom is -0.398 e. The highest BCUT2D eigenvalue weighted by Gasteiger charge is 2.21. The Bertz CT molecular complexity index is 683. The van der Waals surface area contributed by atoms with E-state index >= 15 is 0 Å². The van der Waals surface area contributed by atoms with E-state index in [1.807, 2.05) is 34.7 Å². The van der Waals surface area contributed by atoms with Crippen molar-refractivity contribution in [1.82, 2.24) is 9.97 Å². The Labute approximate surface area is 124 Å². The molecule has 1 aliphatic heterocycles. The van der Waals surface area contributed by atoms with Crippen molar-refractivity contribution in [3.63, 3.8) is 0 Å². The highest BCUT2D eigenvalue weighted by molar-refractivity contribution is 14.1. The molecule has 2 heterocycles. The zero-order valence-corrected chi connectivity index (χ0v) is 12.3. The van der Waals surface area contributed by atoms with E-state index in [9.17, 15) is 4.79 Å². The normalized spacial score (nSPS) is 14.3. The summed E-state index contributed by atoms with van der Waals surface area (Å²) in [4.78, 5) is 20.6. The molecule has 0 atom stereocenters. The van der Waals surface area contributed by atoms with Gasteiger partial charge >= 0.3 is 0 Å². The van der Waals surface area contributed by atoms with E-state index in [1.54, 1.807) is 0 Å². The van der Waals surface area contributed by atoms with Crippen molar-refractivity contribution in [2.45, 2.75) is 13.0 Å². The molecule has 0 saturated heterocycles. The number of hydrogen-bond donors (Lipinski definition) is 2. The van der Waals surface area contributed by atoms with Gasteiger partial charge in [0, 0.05) is 18.8 Å². The largest absolute Gasteiger partial charge is 0.398 e. The Balaban J connectivity index is 1.98. The summed E-state index contributed by atoms with van der Waals surface area (Å²) in [6.07, 6.45) is 2.33. The molecule has 5 nitrogen and oxygen atoms in total. The summed E-state index contributed by atoms with van der Waals surface area (Å²) in [6, 6.07) is 5.98. The fourth-order valence-electron chi connectivity index (χ4n) is 2.41. The predicted molar refractivity (Wildman–Crippen MR) is 83.2 cm³/mol. The van der Waals surface area contributed by atoms with Gasteiger partial charge in [0.05, 0.1) is 6.33 Å². The zero-order valence-electron chi connectivity index (χ0n) is 10.2. The summed E-state index contributed by atoms with van der Waals surface area (Å²) in [7, 11) is 0. The molecule has 0 aliphatic carbocycles. The zero-order chi connectivity index (χ0) is 13.4. The summed E-state index contributed by atoms with van der Waals surface area (Å²) in [6.45, 7) is 1.57. The number of fused-ring (bicyclic) bond motifs is 1. The van der Waals surface area contributed by atoms with Crippen LogP contribution in [-0.2, 0) is 13.0 Å². The lowest BCUT2D eigenvalue weighted by Crippen LogP contribution is -2.33. The van der Waals surface area contributed by atoms with Gasteiger partial charge in [-0.25, -0.2) is 4.98 Å². The van der Waals surface area contributed by atoms with Crippen molar-refractivity contribution in [1.29, 1.82) is 0 Å². The molecule has 0 radical (unpaired) electrons. The van der Waals surface area contributed by atoms with Crippen molar-refractivity contribution < 1.29 is 0 Å². The first-order valence-electron chi connectivity index (χ1n) is 6.01. The summed E-state index contributed by atoms with van der Waals surface area (Å²) in [5.41, 5.74) is 9.18. The number of hydrogen-bond acceptors (Lipinski definition) is 4. The lowest BCUT2D eigenvalue weighted by atomic mass is 9.98. The van der Waals surface area contributed by atoms with Gasteiger partial charge in [-0.1, -0.05) is 12.1 Å². The lowest BCUT2D eigenvalue weighted by Gasteiger charge is -2.30. The summed E-state index contributed by atoms with van der Waals surface area (Å²) in [5.74, 6) is 0.748. The first-order valence-corrected chi connectivity index (χ1v) is 7.09. The van der Waals surface area contributed by atoms with Crippen molar-refractivity contribution in [2.24, 2.45) is 0 Å². The van der Waals surface area contributed by atoms with Gasteiger partial charge in [0.25, 0.3) is 5.56 Å². The number of H-pyrrole nitrogens is 1. The van der Waals surface area contributed by atoms with Gasteiger partial charge in [-0.15, -0.1) is 0 Å². The first kappa shape index (κ1) is 12.5. The van der Waals surface area contributed by atoms with Crippen LogP contribution in [0.3, 0.4) is 0 Å². The third kappa shape index (κ3) is 2.20. The van der Waals surface area contributed by atoms with Crippen LogP contribution in [0.4, 0.5) is 11.5 Å². The quantitative estimate of drug-likeness (QED) is 0.591. The molecule has 6 heteroatoms. The number of aromatic amines is 1. The van der Waals surface area contributed by atoms with E-state index < -0.39 is 0 Å². The van der Waals surface area contributed by atoms with E-state index in [2.05, 4.69) is 20.9 Å². The van der Waals surface area contributed by atoms with Crippen molar-refractivity contribution >= 4 is 34.1 Å². The number of nitrogen functional groups attached to an aromatic ring is 1. The highest BCUT2D eigenvalue weighted by Crippen LogP contribution is 2.27. The van der Waals surface area contributed by atoms with Crippen molar-refractivity contribution in [3.05, 3.63) is 49.6 Å². The standard InChI is InChI=1S/C13H13IN4O/c14-11-12(16-7-17-13(11)19)18-5-4-9-8(6-18)2-1-3-10(9)15/h1-3,7H,4-6,15H2,(H,16,17,19). The van der Waals surface area contributed by atoms with Crippen LogP contribution in [0, 0.1) is 3.57 Å². The predicted octanol–water partition coefficient (Wildman–Crippen LogP) is 1.52. The van der Waals surface area contributed by atoms with Gasteiger partial charge in [-0.3, -0.25) is 4.79 Å². The molecule has 3 rings (SSSR count). The number of halogens is 1. The molecule has 2 aromatic rings. The lowest BCUT2D eigenvalue weighted by molar-refractivity contribution is 0.717. The van der Waals surface area contributed by atoms with Crippen LogP contribution in [0.1, 0.15) is 11.1 Å². The molecule has 19 heavy (non-hydrogen) atoms. The Kier molecular flexibility index (Phi) is 3.17. The SMILES string of the molecule is Nc1cccc2c1CCN(c1nc[nH]c(=O)c1I)C2. The minimum absolute atomic E-state index is 0.0935. The molecule has 0 unspecified atom stereocenters. The van der Waals surface area contributed by atoms with Gasteiger partial charge in [0.2, 0.25) is 0 Å². The molecule has 1 aliphatic rings. The van der Waals surface area contributed by atoms with E-state index in [-0.39, 0.29) is 5.56 Å². The van der Waals surface area contributed by atoms with Crippen LogP contribution in [0.15, 0.2) is 29.3 Å². The average Bonchev–Trinajstić information content (AvgIpc) is 2.42. The molecule has 0 amide bonds. The molecular formula is C13H13IN4O. The van der Waals surface area contributed by atoms with Crippen molar-refractivity contribution in [3.8, 4) is 0 Å². The van der Waals surface area contributed by atoms with Gasteiger partial charge in [0.15, 0.2) is 0 Å². The second kappa shape index (κ2) is 4.84. The van der Waals surface area contributed by atoms with Gasteiger partial charge in [0.1, 0.15) is 9.39 Å². The summed E-state index contributed by atoms with van der Waals surface area (Å²) < 4.78 is 0.632. The van der Waals surface area contributed by atoms with Crippen LogP contribution >= 0.6 is 22.6 Å². The topological polar surface area (TPSA) is 75.0 Å². The maximum atomic E-state index is 11.6. The third-order valence-electron chi connectivity index (χ3n) is 3.38. The second-order valence-electron chi connectivity index (χ2n) is 4.53. The van der Waals surface area contributed by atoms with Crippen LogP contribution in [0.2, 0.25) is 0 Å². The van der Waals surface area contributed by atoms with E-state index in [4.69, 9.17) is 5.73 Å². The second-order valence-corrected chi connectivity index (χ2v) is 5.60. The highest BCUT2D eigenvalue weighted by atomic mass is 127. The number of nitrogens with one attached hydrogen (secondary N) is 1. The fourth-order valence-corrected chi connectivity index (χ4v) is 3.05. The molecule has 98 valence electrons.